The lowest BCUT2D eigenvalue weighted by atomic mass is 10.3. The summed E-state index contributed by atoms with van der Waals surface area (Å²) in [4.78, 5) is 4.74. The van der Waals surface area contributed by atoms with Gasteiger partial charge in [-0.05, 0) is 18.9 Å². The summed E-state index contributed by atoms with van der Waals surface area (Å²) in [6.07, 6.45) is 6.19. The lowest BCUT2D eigenvalue weighted by molar-refractivity contribution is 0.181. The third-order valence-corrected chi connectivity index (χ3v) is 3.56. The molecular weight excluding hydrogens is 268 g/mol. The normalized spacial score (nSPS) is 14.7. The van der Waals surface area contributed by atoms with Gasteiger partial charge in [-0.2, -0.15) is 10.2 Å². The number of aromatic amines is 1. The Morgan fingerprint density at radius 2 is 2.38 bits per heavy atom. The fourth-order valence-corrected chi connectivity index (χ4v) is 2.40. The lowest BCUT2D eigenvalue weighted by Crippen LogP contribution is -2.02. The van der Waals surface area contributed by atoms with Crippen molar-refractivity contribution in [3.8, 4) is 0 Å². The number of methoxy groups -OCH3 is 1. The van der Waals surface area contributed by atoms with Gasteiger partial charge in [0.15, 0.2) is 11.6 Å². The number of nitrogens with one attached hydrogen (secondary N) is 2. The summed E-state index contributed by atoms with van der Waals surface area (Å²) >= 11 is 0. The Morgan fingerprint density at radius 1 is 1.48 bits per heavy atom. The van der Waals surface area contributed by atoms with Gasteiger partial charge in [-0.25, -0.2) is 9.50 Å². The Bertz CT molecular complexity index is 759. The Morgan fingerprint density at radius 3 is 3.10 bits per heavy atom. The zero-order valence-electron chi connectivity index (χ0n) is 11.7. The number of nitrogens with zero attached hydrogens (tertiary/aromatic N) is 4. The average molecular weight is 284 g/mol. The maximum atomic E-state index is 5.16. The highest BCUT2D eigenvalue weighted by molar-refractivity contribution is 5.72. The first kappa shape index (κ1) is 12.3. The Kier molecular flexibility index (Phi) is 2.85. The molecule has 4 rings (SSSR count). The van der Waals surface area contributed by atoms with Gasteiger partial charge in [-0.15, -0.1) is 0 Å². The van der Waals surface area contributed by atoms with Crippen LogP contribution in [0.5, 0.6) is 0 Å². The molecule has 3 aromatic heterocycles. The predicted molar refractivity (Wildman–Crippen MR) is 77.5 cm³/mol. The van der Waals surface area contributed by atoms with Crippen LogP contribution in [0, 0.1) is 0 Å². The van der Waals surface area contributed by atoms with Crippen molar-refractivity contribution in [2.24, 2.45) is 0 Å². The number of hydrogen-bond acceptors (Lipinski definition) is 5. The molecule has 1 saturated carbocycles. The van der Waals surface area contributed by atoms with E-state index in [0.29, 0.717) is 12.5 Å². The first-order chi connectivity index (χ1) is 10.3. The third kappa shape index (κ3) is 2.36. The number of ether oxygens (including phenoxy) is 1. The summed E-state index contributed by atoms with van der Waals surface area (Å²) < 4.78 is 7.04. The van der Waals surface area contributed by atoms with Gasteiger partial charge in [0.2, 0.25) is 0 Å². The van der Waals surface area contributed by atoms with E-state index in [-0.39, 0.29) is 0 Å². The highest BCUT2D eigenvalue weighted by Crippen LogP contribution is 2.39. The van der Waals surface area contributed by atoms with Crippen molar-refractivity contribution in [1.29, 1.82) is 0 Å². The second-order valence-corrected chi connectivity index (χ2v) is 5.27. The first-order valence-corrected chi connectivity index (χ1v) is 6.98. The molecule has 0 atom stereocenters. The van der Waals surface area contributed by atoms with E-state index >= 15 is 0 Å². The van der Waals surface area contributed by atoms with E-state index in [1.807, 2.05) is 22.8 Å². The second-order valence-electron chi connectivity index (χ2n) is 5.27. The van der Waals surface area contributed by atoms with E-state index in [2.05, 4.69) is 20.6 Å². The van der Waals surface area contributed by atoms with Crippen molar-refractivity contribution in [2.75, 3.05) is 12.4 Å². The molecule has 7 nitrogen and oxygen atoms in total. The van der Waals surface area contributed by atoms with E-state index in [1.165, 1.54) is 12.8 Å². The van der Waals surface area contributed by atoms with Crippen molar-refractivity contribution >= 4 is 17.2 Å². The molecule has 0 unspecified atom stereocenters. The van der Waals surface area contributed by atoms with Gasteiger partial charge < -0.3 is 10.1 Å². The topological polar surface area (TPSA) is 80.1 Å². The Labute approximate surface area is 121 Å². The van der Waals surface area contributed by atoms with Crippen molar-refractivity contribution < 1.29 is 4.74 Å². The standard InChI is InChI=1S/C14H16N6O/c1-21-8-10-6-12-14(17-13-4-5-15-18-13)16-11(9-2-3-9)7-20(12)19-10/h4-7,9H,2-3,8H2,1H3,(H2,15,16,17,18). The molecule has 1 aliphatic rings. The van der Waals surface area contributed by atoms with Gasteiger partial charge in [-0.1, -0.05) is 0 Å². The van der Waals surface area contributed by atoms with Crippen LogP contribution in [0.4, 0.5) is 11.6 Å². The van der Waals surface area contributed by atoms with Crippen LogP contribution in [0.15, 0.2) is 24.5 Å². The summed E-state index contributed by atoms with van der Waals surface area (Å²) in [5.74, 6) is 2.08. The minimum atomic E-state index is 0.488. The molecule has 21 heavy (non-hydrogen) atoms. The molecule has 0 amide bonds. The zero-order chi connectivity index (χ0) is 14.2. The fourth-order valence-electron chi connectivity index (χ4n) is 2.40. The molecule has 2 N–H and O–H groups in total. The minimum absolute atomic E-state index is 0.488. The molecule has 0 aliphatic heterocycles. The van der Waals surface area contributed by atoms with E-state index in [1.54, 1.807) is 13.3 Å². The summed E-state index contributed by atoms with van der Waals surface area (Å²) in [7, 11) is 1.67. The summed E-state index contributed by atoms with van der Waals surface area (Å²) in [6, 6.07) is 3.86. The van der Waals surface area contributed by atoms with Crippen LogP contribution in [0.3, 0.4) is 0 Å². The van der Waals surface area contributed by atoms with Crippen LogP contribution in [0.25, 0.3) is 5.52 Å². The number of rotatable bonds is 5. The Hall–Kier alpha value is -2.41. The van der Waals surface area contributed by atoms with E-state index in [4.69, 9.17) is 9.72 Å². The summed E-state index contributed by atoms with van der Waals surface area (Å²) in [6.45, 7) is 0.488. The maximum absolute atomic E-state index is 5.16. The van der Waals surface area contributed by atoms with Gasteiger partial charge in [0.25, 0.3) is 0 Å². The number of hydrogen-bond donors (Lipinski definition) is 2. The molecule has 3 aromatic rings. The molecular formula is C14H16N6O. The van der Waals surface area contributed by atoms with Gasteiger partial charge in [-0.3, -0.25) is 5.10 Å². The van der Waals surface area contributed by atoms with Gasteiger partial charge in [0, 0.05) is 25.3 Å². The largest absolute Gasteiger partial charge is 0.378 e. The molecule has 3 heterocycles. The van der Waals surface area contributed by atoms with E-state index in [9.17, 15) is 0 Å². The van der Waals surface area contributed by atoms with Crippen molar-refractivity contribution in [3.63, 3.8) is 0 Å². The highest BCUT2D eigenvalue weighted by atomic mass is 16.5. The predicted octanol–water partition coefficient (Wildman–Crippen LogP) is 2.22. The third-order valence-electron chi connectivity index (χ3n) is 3.56. The zero-order valence-corrected chi connectivity index (χ0v) is 11.7. The number of fused-ring (bicyclic) bond motifs is 1. The van der Waals surface area contributed by atoms with Gasteiger partial charge in [0.1, 0.15) is 5.52 Å². The van der Waals surface area contributed by atoms with Crippen LogP contribution < -0.4 is 5.32 Å². The Balaban J connectivity index is 1.80. The molecule has 108 valence electrons. The van der Waals surface area contributed by atoms with E-state index < -0.39 is 0 Å². The average Bonchev–Trinajstić information content (AvgIpc) is 3.05. The monoisotopic (exact) mass is 284 g/mol. The number of H-pyrrole nitrogens is 1. The number of aromatic nitrogens is 5. The van der Waals surface area contributed by atoms with Crippen LogP contribution in [0.2, 0.25) is 0 Å². The fraction of sp³-hybridized carbons (Fsp3) is 0.357. The molecule has 7 heteroatoms. The smallest absolute Gasteiger partial charge is 0.158 e. The van der Waals surface area contributed by atoms with Crippen LogP contribution in [-0.2, 0) is 11.3 Å². The van der Waals surface area contributed by atoms with Gasteiger partial charge in [0.05, 0.1) is 24.2 Å². The molecule has 1 aliphatic carbocycles. The van der Waals surface area contributed by atoms with Crippen molar-refractivity contribution in [1.82, 2.24) is 24.8 Å². The first-order valence-electron chi connectivity index (χ1n) is 6.98. The highest BCUT2D eigenvalue weighted by Gasteiger charge is 2.26. The number of anilines is 2. The maximum Gasteiger partial charge on any atom is 0.158 e. The SMILES string of the molecule is COCc1cc2c(Nc3cc[nH]n3)nc(C3CC3)cn2n1. The molecule has 0 saturated heterocycles. The summed E-state index contributed by atoms with van der Waals surface area (Å²) in [5.41, 5.74) is 2.89. The second kappa shape index (κ2) is 4.85. The van der Waals surface area contributed by atoms with Gasteiger partial charge >= 0.3 is 0 Å². The quantitative estimate of drug-likeness (QED) is 0.751. The molecule has 0 bridgehead atoms. The summed E-state index contributed by atoms with van der Waals surface area (Å²) in [5, 5.41) is 14.7. The molecule has 0 radical (unpaired) electrons. The van der Waals surface area contributed by atoms with Crippen LogP contribution in [-0.4, -0.2) is 31.9 Å². The minimum Gasteiger partial charge on any atom is -0.378 e. The van der Waals surface area contributed by atoms with Crippen LogP contribution >= 0.6 is 0 Å². The molecule has 0 aromatic carbocycles. The van der Waals surface area contributed by atoms with E-state index in [0.717, 1.165) is 28.5 Å². The van der Waals surface area contributed by atoms with Crippen molar-refractivity contribution in [3.05, 3.63) is 35.9 Å². The van der Waals surface area contributed by atoms with Crippen molar-refractivity contribution in [2.45, 2.75) is 25.4 Å². The van der Waals surface area contributed by atoms with Crippen LogP contribution in [0.1, 0.15) is 30.1 Å². The lowest BCUT2D eigenvalue weighted by Gasteiger charge is -2.07. The molecule has 1 fully saturated rings. The molecule has 0 spiro atoms.